The van der Waals surface area contributed by atoms with E-state index >= 15 is 0 Å². The maximum absolute atomic E-state index is 12.6. The topological polar surface area (TPSA) is 143 Å². The number of methoxy groups -OCH3 is 1. The predicted molar refractivity (Wildman–Crippen MR) is 151 cm³/mol. The zero-order valence-corrected chi connectivity index (χ0v) is 24.9. The fourth-order valence-electron chi connectivity index (χ4n) is 5.90. The fraction of sp³-hybridized carbons (Fsp3) is 0.828. The van der Waals surface area contributed by atoms with Crippen LogP contribution in [0.5, 0.6) is 0 Å². The van der Waals surface area contributed by atoms with Crippen LogP contribution in [0, 0.1) is 5.92 Å². The third-order valence-electron chi connectivity index (χ3n) is 8.20. The molecule has 3 aliphatic rings. The summed E-state index contributed by atoms with van der Waals surface area (Å²) in [5.74, 6) is -0.141. The molecule has 1 saturated carbocycles. The van der Waals surface area contributed by atoms with Crippen molar-refractivity contribution in [3.05, 3.63) is 11.6 Å². The molecule has 4 N–H and O–H groups in total. The maximum atomic E-state index is 12.6. The van der Waals surface area contributed by atoms with Gasteiger partial charge < -0.3 is 40.2 Å². The largest absolute Gasteiger partial charge is 0.443 e. The third-order valence-corrected chi connectivity index (χ3v) is 8.20. The second-order valence-electron chi connectivity index (χ2n) is 11.6. The highest BCUT2D eigenvalue weighted by molar-refractivity contribution is 5.78. The Morgan fingerprint density at radius 2 is 1.68 bits per heavy atom. The molecule has 3 amide bonds. The minimum atomic E-state index is -0.545. The lowest BCUT2D eigenvalue weighted by Crippen LogP contribution is -2.56. The van der Waals surface area contributed by atoms with Crippen LogP contribution in [0.1, 0.15) is 72.1 Å². The number of alkyl carbamates (subject to hydrolysis) is 1. The molecule has 2 heterocycles. The monoisotopic (exact) mass is 566 g/mol. The minimum absolute atomic E-state index is 0.000948. The molecule has 11 heteroatoms. The fourth-order valence-corrected chi connectivity index (χ4v) is 5.90. The zero-order valence-electron chi connectivity index (χ0n) is 24.9. The SMILES string of the molecule is CNCC(=O)NCCCCCCNC(=O)CCNC(=O)OC1CC[C@]2(CO2)C([C@]2(C)O[C@@H]2CC=C(C)C)C1OC. The lowest BCUT2D eigenvalue weighted by atomic mass is 9.68. The van der Waals surface area contributed by atoms with Gasteiger partial charge in [0.2, 0.25) is 11.8 Å². The molecule has 40 heavy (non-hydrogen) atoms. The Labute approximate surface area is 238 Å². The van der Waals surface area contributed by atoms with E-state index in [9.17, 15) is 14.4 Å². The van der Waals surface area contributed by atoms with Crippen LogP contribution in [-0.4, -0.2) is 94.4 Å². The maximum Gasteiger partial charge on any atom is 0.407 e. The van der Waals surface area contributed by atoms with Gasteiger partial charge >= 0.3 is 6.09 Å². The molecule has 228 valence electrons. The van der Waals surface area contributed by atoms with Crippen LogP contribution in [0.15, 0.2) is 11.6 Å². The number of carbonyl (C=O) groups is 3. The van der Waals surface area contributed by atoms with E-state index in [4.69, 9.17) is 18.9 Å². The summed E-state index contributed by atoms with van der Waals surface area (Å²) in [4.78, 5) is 36.1. The highest BCUT2D eigenvalue weighted by Crippen LogP contribution is 2.59. The van der Waals surface area contributed by atoms with E-state index in [0.717, 1.165) is 38.5 Å². The summed E-state index contributed by atoms with van der Waals surface area (Å²) in [6.45, 7) is 8.73. The molecule has 2 saturated heterocycles. The van der Waals surface area contributed by atoms with E-state index < -0.39 is 12.2 Å². The first-order valence-electron chi connectivity index (χ1n) is 14.8. The minimum Gasteiger partial charge on any atom is -0.443 e. The molecule has 11 nitrogen and oxygen atoms in total. The number of rotatable bonds is 17. The van der Waals surface area contributed by atoms with Crippen LogP contribution >= 0.6 is 0 Å². The lowest BCUT2D eigenvalue weighted by molar-refractivity contribution is -0.121. The van der Waals surface area contributed by atoms with Gasteiger partial charge in [-0.05, 0) is 59.9 Å². The van der Waals surface area contributed by atoms with Crippen molar-refractivity contribution in [3.63, 3.8) is 0 Å². The van der Waals surface area contributed by atoms with Gasteiger partial charge in [-0.25, -0.2) is 4.79 Å². The Bertz CT molecular complexity index is 890. The number of hydrogen-bond acceptors (Lipinski definition) is 8. The normalized spacial score (nSPS) is 30.3. The van der Waals surface area contributed by atoms with Gasteiger partial charge in [0, 0.05) is 33.2 Å². The van der Waals surface area contributed by atoms with E-state index in [1.54, 1.807) is 14.2 Å². The molecule has 1 spiro atoms. The van der Waals surface area contributed by atoms with Gasteiger partial charge in [0.25, 0.3) is 0 Å². The molecule has 0 bridgehead atoms. The van der Waals surface area contributed by atoms with E-state index in [1.807, 2.05) is 0 Å². The molecule has 0 aromatic carbocycles. The average molecular weight is 567 g/mol. The van der Waals surface area contributed by atoms with Crippen LogP contribution in [-0.2, 0) is 28.5 Å². The summed E-state index contributed by atoms with van der Waals surface area (Å²) >= 11 is 0. The van der Waals surface area contributed by atoms with Crippen molar-refractivity contribution in [1.82, 2.24) is 21.3 Å². The molecular weight excluding hydrogens is 516 g/mol. The Morgan fingerprint density at radius 3 is 2.27 bits per heavy atom. The number of unbranched alkanes of at least 4 members (excludes halogenated alkanes) is 3. The molecule has 0 aromatic heterocycles. The van der Waals surface area contributed by atoms with Gasteiger partial charge in [0.1, 0.15) is 23.4 Å². The highest BCUT2D eigenvalue weighted by Gasteiger charge is 2.72. The molecule has 3 rings (SSSR count). The Hall–Kier alpha value is -2.21. The number of likely N-dealkylation sites (N-methyl/N-ethyl adjacent to an activating group) is 1. The van der Waals surface area contributed by atoms with Gasteiger partial charge in [-0.3, -0.25) is 9.59 Å². The van der Waals surface area contributed by atoms with E-state index in [2.05, 4.69) is 48.1 Å². The van der Waals surface area contributed by atoms with Crippen molar-refractivity contribution in [1.29, 1.82) is 0 Å². The van der Waals surface area contributed by atoms with Crippen LogP contribution < -0.4 is 21.3 Å². The summed E-state index contributed by atoms with van der Waals surface area (Å²) in [6.07, 6.45) is 7.20. The van der Waals surface area contributed by atoms with Crippen LogP contribution in [0.3, 0.4) is 0 Å². The number of nitrogens with one attached hydrogen (secondary N) is 4. The molecule has 2 aliphatic heterocycles. The van der Waals surface area contributed by atoms with Crippen LogP contribution in [0.4, 0.5) is 4.79 Å². The summed E-state index contributed by atoms with van der Waals surface area (Å²) in [6, 6.07) is 0. The number of epoxide rings is 2. The van der Waals surface area contributed by atoms with Gasteiger partial charge in [-0.1, -0.05) is 24.5 Å². The molecule has 0 radical (unpaired) electrons. The van der Waals surface area contributed by atoms with Gasteiger partial charge in [-0.15, -0.1) is 0 Å². The molecular formula is C29H50N4O7. The van der Waals surface area contributed by atoms with Crippen molar-refractivity contribution in [2.45, 2.75) is 102 Å². The Morgan fingerprint density at radius 1 is 1.00 bits per heavy atom. The van der Waals surface area contributed by atoms with Crippen molar-refractivity contribution in [2.24, 2.45) is 5.92 Å². The quantitative estimate of drug-likeness (QED) is 0.119. The third kappa shape index (κ3) is 9.15. The van der Waals surface area contributed by atoms with Crippen LogP contribution in [0.2, 0.25) is 0 Å². The average Bonchev–Trinajstić information content (AvgIpc) is 3.82. The first-order valence-corrected chi connectivity index (χ1v) is 14.8. The lowest BCUT2D eigenvalue weighted by Gasteiger charge is -2.42. The van der Waals surface area contributed by atoms with E-state index in [-0.39, 0.29) is 54.1 Å². The van der Waals surface area contributed by atoms with E-state index in [1.165, 1.54) is 5.57 Å². The van der Waals surface area contributed by atoms with Gasteiger partial charge in [0.15, 0.2) is 0 Å². The Kier molecular flexibility index (Phi) is 12.2. The second-order valence-corrected chi connectivity index (χ2v) is 11.6. The number of amides is 3. The molecule has 6 atom stereocenters. The van der Waals surface area contributed by atoms with Crippen LogP contribution in [0.25, 0.3) is 0 Å². The molecule has 3 fully saturated rings. The smallest absolute Gasteiger partial charge is 0.407 e. The molecule has 1 aliphatic carbocycles. The van der Waals surface area contributed by atoms with Crippen molar-refractivity contribution in [2.75, 3.05) is 46.9 Å². The summed E-state index contributed by atoms with van der Waals surface area (Å²) in [5, 5.41) is 11.3. The van der Waals surface area contributed by atoms with E-state index in [0.29, 0.717) is 32.7 Å². The standard InChI is InChI=1S/C29H50N4O7/c1-20(2)10-11-22-28(3,40-22)26-25(37-5)21(12-14-29(26)19-38-29)39-27(36)33-17-13-23(34)31-15-8-6-7-9-16-32-24(35)18-30-4/h10,21-22,25-26,30H,6-9,11-19H2,1-5H3,(H,31,34)(H,32,35)(H,33,36)/t21?,22-,25?,26?,28-,29+/m1/s1. The summed E-state index contributed by atoms with van der Waals surface area (Å²) in [5.41, 5.74) is 0.598. The number of allylic oxidation sites excluding steroid dienone is 1. The number of carbonyl (C=O) groups excluding carboxylic acids is 3. The van der Waals surface area contributed by atoms with Gasteiger partial charge in [-0.2, -0.15) is 0 Å². The van der Waals surface area contributed by atoms with Crippen molar-refractivity contribution >= 4 is 17.9 Å². The summed E-state index contributed by atoms with van der Waals surface area (Å²) in [7, 11) is 3.39. The molecule has 0 aromatic rings. The van der Waals surface area contributed by atoms with Gasteiger partial charge in [0.05, 0.1) is 25.2 Å². The number of ether oxygens (including phenoxy) is 4. The van der Waals surface area contributed by atoms with Crippen molar-refractivity contribution in [3.8, 4) is 0 Å². The predicted octanol–water partition coefficient (Wildman–Crippen LogP) is 2.19. The first kappa shape index (κ1) is 32.3. The molecule has 3 unspecified atom stereocenters. The summed E-state index contributed by atoms with van der Waals surface area (Å²) < 4.78 is 23.9. The highest BCUT2D eigenvalue weighted by atomic mass is 16.6. The Balaban J connectivity index is 1.32. The second kappa shape index (κ2) is 15.1. The zero-order chi connectivity index (χ0) is 29.2. The number of hydrogen-bond donors (Lipinski definition) is 4. The first-order chi connectivity index (χ1) is 19.1. The van der Waals surface area contributed by atoms with Crippen molar-refractivity contribution < 1.29 is 33.3 Å².